The second kappa shape index (κ2) is 6.06. The second-order valence-corrected chi connectivity index (χ2v) is 3.21. The van der Waals surface area contributed by atoms with E-state index in [1.165, 1.54) is 0 Å². The molecule has 4 N–H and O–H groups in total. The molecule has 74 valence electrons. The fourth-order valence-corrected chi connectivity index (χ4v) is 1.10. The Bertz CT molecular complexity index is 110. The average molecular weight is 214 g/mol. The van der Waals surface area contributed by atoms with Crippen LogP contribution in [0.15, 0.2) is 0 Å². The van der Waals surface area contributed by atoms with Crippen LogP contribution in [0.1, 0.15) is 0 Å². The molecule has 0 aliphatic rings. The third kappa shape index (κ3) is 3.51. The maximum atomic E-state index is 9.14. The van der Waals surface area contributed by atoms with Gasteiger partial charge in [-0.05, 0) is 0 Å². The van der Waals surface area contributed by atoms with E-state index in [2.05, 4.69) is 25.3 Å². The van der Waals surface area contributed by atoms with E-state index in [-0.39, 0.29) is 11.5 Å². The van der Waals surface area contributed by atoms with Gasteiger partial charge in [-0.25, -0.2) is 0 Å². The van der Waals surface area contributed by atoms with Crippen LogP contribution in [0.4, 0.5) is 0 Å². The summed E-state index contributed by atoms with van der Waals surface area (Å²) in [5, 5.41) is 36.3. The summed E-state index contributed by atoms with van der Waals surface area (Å²) < 4.78 is 0. The molecule has 0 aliphatic carbocycles. The number of aliphatic hydroxyl groups excluding tert-OH is 4. The minimum absolute atomic E-state index is 0.0253. The lowest BCUT2D eigenvalue weighted by atomic mass is 10.1. The lowest BCUT2D eigenvalue weighted by Crippen LogP contribution is -2.45. The summed E-state index contributed by atoms with van der Waals surface area (Å²) in [7, 11) is 0. The Morgan fingerprint density at radius 1 is 0.750 bits per heavy atom. The molecule has 0 saturated heterocycles. The van der Waals surface area contributed by atoms with Crippen molar-refractivity contribution in [3.63, 3.8) is 0 Å². The molecular weight excluding hydrogens is 200 g/mol. The van der Waals surface area contributed by atoms with Gasteiger partial charge in [0, 0.05) is 11.5 Å². The van der Waals surface area contributed by atoms with E-state index in [0.717, 1.165) is 0 Å². The topological polar surface area (TPSA) is 80.9 Å². The molecule has 0 radical (unpaired) electrons. The maximum Gasteiger partial charge on any atom is 0.109 e. The molecule has 0 spiro atoms. The van der Waals surface area contributed by atoms with E-state index in [0.29, 0.717) is 0 Å². The molecule has 0 aromatic rings. The van der Waals surface area contributed by atoms with Crippen molar-refractivity contribution >= 4 is 25.3 Å². The van der Waals surface area contributed by atoms with Gasteiger partial charge in [0.1, 0.15) is 12.2 Å². The highest BCUT2D eigenvalue weighted by atomic mass is 32.1. The van der Waals surface area contributed by atoms with E-state index < -0.39 is 24.4 Å². The Hall–Kier alpha value is 0.540. The lowest BCUT2D eigenvalue weighted by molar-refractivity contribution is -0.0920. The first-order valence-electron chi connectivity index (χ1n) is 3.48. The summed E-state index contributed by atoms with van der Waals surface area (Å²) in [5.41, 5.74) is 0. The molecule has 0 saturated carbocycles. The predicted octanol–water partition coefficient (Wildman–Crippen LogP) is -1.71. The molecule has 0 aromatic heterocycles. The SMILES string of the molecule is O[C@@H]([C@H](O)[C@H](O)CS)[C@H](O)CS. The molecular formula is C6H14O4S2. The number of thiol groups is 2. The molecule has 0 aliphatic heterocycles. The van der Waals surface area contributed by atoms with Gasteiger partial charge in [0.05, 0.1) is 12.2 Å². The van der Waals surface area contributed by atoms with Gasteiger partial charge in [0.25, 0.3) is 0 Å². The minimum atomic E-state index is -1.38. The van der Waals surface area contributed by atoms with E-state index >= 15 is 0 Å². The van der Waals surface area contributed by atoms with Crippen LogP contribution in [-0.4, -0.2) is 56.3 Å². The van der Waals surface area contributed by atoms with Gasteiger partial charge in [-0.15, -0.1) is 0 Å². The largest absolute Gasteiger partial charge is 0.389 e. The first kappa shape index (κ1) is 12.5. The summed E-state index contributed by atoms with van der Waals surface area (Å²) in [6.45, 7) is 0. The van der Waals surface area contributed by atoms with Gasteiger partial charge in [0.2, 0.25) is 0 Å². The highest BCUT2D eigenvalue weighted by Gasteiger charge is 2.28. The van der Waals surface area contributed by atoms with E-state index in [1.807, 2.05) is 0 Å². The van der Waals surface area contributed by atoms with Gasteiger partial charge < -0.3 is 20.4 Å². The van der Waals surface area contributed by atoms with Crippen LogP contribution in [0.5, 0.6) is 0 Å². The van der Waals surface area contributed by atoms with Crippen molar-refractivity contribution in [1.29, 1.82) is 0 Å². The summed E-state index contributed by atoms with van der Waals surface area (Å²) in [6, 6.07) is 0. The first-order chi connectivity index (χ1) is 5.54. The quantitative estimate of drug-likeness (QED) is 0.308. The number of hydrogen-bond donors (Lipinski definition) is 6. The molecule has 0 unspecified atom stereocenters. The molecule has 0 aromatic carbocycles. The van der Waals surface area contributed by atoms with Gasteiger partial charge >= 0.3 is 0 Å². The molecule has 0 bridgehead atoms. The Morgan fingerprint density at radius 3 is 1.17 bits per heavy atom. The van der Waals surface area contributed by atoms with Crippen LogP contribution in [-0.2, 0) is 0 Å². The van der Waals surface area contributed by atoms with Crippen LogP contribution in [0.3, 0.4) is 0 Å². The molecule has 0 amide bonds. The van der Waals surface area contributed by atoms with Crippen molar-refractivity contribution in [3.8, 4) is 0 Å². The predicted molar refractivity (Wildman–Crippen MR) is 51.7 cm³/mol. The number of aliphatic hydroxyl groups is 4. The Balaban J connectivity index is 3.99. The number of rotatable bonds is 5. The highest BCUT2D eigenvalue weighted by molar-refractivity contribution is 7.80. The third-order valence-electron chi connectivity index (χ3n) is 1.51. The van der Waals surface area contributed by atoms with Crippen molar-refractivity contribution in [2.45, 2.75) is 24.4 Å². The fraction of sp³-hybridized carbons (Fsp3) is 1.00. The maximum absolute atomic E-state index is 9.14. The number of hydrogen-bond acceptors (Lipinski definition) is 6. The van der Waals surface area contributed by atoms with Crippen molar-refractivity contribution in [2.24, 2.45) is 0 Å². The zero-order chi connectivity index (χ0) is 9.72. The monoisotopic (exact) mass is 214 g/mol. The molecule has 6 heteroatoms. The minimum Gasteiger partial charge on any atom is -0.389 e. The Morgan fingerprint density at radius 2 is 1.00 bits per heavy atom. The lowest BCUT2D eigenvalue weighted by Gasteiger charge is -2.24. The molecule has 4 atom stereocenters. The van der Waals surface area contributed by atoms with Crippen molar-refractivity contribution in [1.82, 2.24) is 0 Å². The third-order valence-corrected chi connectivity index (χ3v) is 2.26. The van der Waals surface area contributed by atoms with Gasteiger partial charge in [0.15, 0.2) is 0 Å². The van der Waals surface area contributed by atoms with E-state index in [1.54, 1.807) is 0 Å². The van der Waals surface area contributed by atoms with Crippen LogP contribution in [0.2, 0.25) is 0 Å². The fourth-order valence-electron chi connectivity index (χ4n) is 0.671. The summed E-state index contributed by atoms with van der Waals surface area (Å²) in [4.78, 5) is 0. The first-order valence-corrected chi connectivity index (χ1v) is 4.75. The standard InChI is InChI=1S/C6H14O4S2/c7-3(1-11)5(9)6(10)4(8)2-12/h3-12H,1-2H2/t3-,4-,5-,6-/m1/s1. The second-order valence-electron chi connectivity index (χ2n) is 2.48. The average Bonchev–Trinajstić information content (AvgIpc) is 2.12. The molecule has 12 heavy (non-hydrogen) atoms. The Labute approximate surface area is 82.1 Å². The van der Waals surface area contributed by atoms with Crippen LogP contribution in [0.25, 0.3) is 0 Å². The molecule has 0 rings (SSSR count). The van der Waals surface area contributed by atoms with Crippen molar-refractivity contribution in [3.05, 3.63) is 0 Å². The van der Waals surface area contributed by atoms with Crippen molar-refractivity contribution < 1.29 is 20.4 Å². The molecule has 0 fully saturated rings. The van der Waals surface area contributed by atoms with Gasteiger partial charge in [-0.2, -0.15) is 25.3 Å². The van der Waals surface area contributed by atoms with Crippen LogP contribution in [0, 0.1) is 0 Å². The van der Waals surface area contributed by atoms with Gasteiger partial charge in [-0.3, -0.25) is 0 Å². The Kier molecular flexibility index (Phi) is 6.34. The van der Waals surface area contributed by atoms with Crippen molar-refractivity contribution in [2.75, 3.05) is 11.5 Å². The normalized spacial score (nSPS) is 21.5. The summed E-state index contributed by atoms with van der Waals surface area (Å²) in [5.74, 6) is 0.0506. The van der Waals surface area contributed by atoms with E-state index in [9.17, 15) is 0 Å². The zero-order valence-electron chi connectivity index (χ0n) is 6.41. The zero-order valence-corrected chi connectivity index (χ0v) is 8.20. The van der Waals surface area contributed by atoms with Crippen LogP contribution >= 0.6 is 25.3 Å². The van der Waals surface area contributed by atoms with Gasteiger partial charge in [-0.1, -0.05) is 0 Å². The summed E-state index contributed by atoms with van der Waals surface area (Å²) >= 11 is 7.45. The van der Waals surface area contributed by atoms with Crippen LogP contribution < -0.4 is 0 Å². The molecule has 0 heterocycles. The smallest absolute Gasteiger partial charge is 0.109 e. The summed E-state index contributed by atoms with van der Waals surface area (Å²) in [6.07, 6.45) is -5.05. The molecule has 4 nitrogen and oxygen atoms in total. The highest BCUT2D eigenvalue weighted by Crippen LogP contribution is 2.07. The van der Waals surface area contributed by atoms with E-state index in [4.69, 9.17) is 20.4 Å².